The number of hydrogen-bond acceptors (Lipinski definition) is 4. The van der Waals surface area contributed by atoms with Crippen LogP contribution < -0.4 is 0 Å². The van der Waals surface area contributed by atoms with E-state index in [0.29, 0.717) is 0 Å². The van der Waals surface area contributed by atoms with E-state index in [1.807, 2.05) is 4.90 Å². The molecule has 1 aromatic carbocycles. The van der Waals surface area contributed by atoms with Crippen molar-refractivity contribution < 1.29 is 9.31 Å². The smallest absolute Gasteiger partial charge is 0.284 e. The first-order chi connectivity index (χ1) is 9.13. The lowest BCUT2D eigenvalue weighted by Gasteiger charge is -2.31. The number of benzene rings is 1. The molecule has 1 aromatic rings. The zero-order valence-corrected chi connectivity index (χ0v) is 10.4. The summed E-state index contributed by atoms with van der Waals surface area (Å²) in [5.41, 5.74) is -0.237. The molecule has 1 heterocycles. The first-order valence-electron chi connectivity index (χ1n) is 6.19. The van der Waals surface area contributed by atoms with Gasteiger partial charge >= 0.3 is 5.69 Å². The molecule has 1 saturated heterocycles. The van der Waals surface area contributed by atoms with Crippen molar-refractivity contribution in [2.75, 3.05) is 6.54 Å². The van der Waals surface area contributed by atoms with Gasteiger partial charge in [0.15, 0.2) is 0 Å². The van der Waals surface area contributed by atoms with E-state index in [-0.39, 0.29) is 18.2 Å². The molecule has 100 valence electrons. The second-order valence-corrected chi connectivity index (χ2v) is 4.62. The molecule has 0 radical (unpaired) electrons. The molecule has 1 atom stereocenters. The van der Waals surface area contributed by atoms with Gasteiger partial charge in [0.2, 0.25) is 5.82 Å². The highest BCUT2D eigenvalue weighted by Crippen LogP contribution is 2.24. The van der Waals surface area contributed by atoms with E-state index in [9.17, 15) is 14.5 Å². The molecular weight excluding hydrogens is 249 g/mol. The van der Waals surface area contributed by atoms with Gasteiger partial charge in [-0.25, -0.2) is 0 Å². The largest absolute Gasteiger partial charge is 0.305 e. The highest BCUT2D eigenvalue weighted by Gasteiger charge is 2.25. The second-order valence-electron chi connectivity index (χ2n) is 4.62. The number of rotatable bonds is 3. The van der Waals surface area contributed by atoms with Gasteiger partial charge in [-0.2, -0.15) is 9.65 Å². The zero-order chi connectivity index (χ0) is 13.8. The van der Waals surface area contributed by atoms with Gasteiger partial charge in [-0.15, -0.1) is 0 Å². The number of hydrogen-bond donors (Lipinski definition) is 0. The fourth-order valence-corrected chi connectivity index (χ4v) is 2.37. The molecule has 0 amide bonds. The first kappa shape index (κ1) is 13.4. The van der Waals surface area contributed by atoms with Gasteiger partial charge in [-0.05, 0) is 25.8 Å². The Labute approximate surface area is 110 Å². The number of nitro benzene ring substituents is 1. The summed E-state index contributed by atoms with van der Waals surface area (Å²) >= 11 is 0. The van der Waals surface area contributed by atoms with E-state index < -0.39 is 16.4 Å². The Bertz CT molecular complexity index is 527. The summed E-state index contributed by atoms with van der Waals surface area (Å²) in [6, 6.07) is 6.13. The number of likely N-dealkylation sites (tertiary alicyclic amines) is 1. The average molecular weight is 263 g/mol. The minimum atomic E-state index is -0.797. The molecule has 0 N–H and O–H groups in total. The lowest BCUT2D eigenvalue weighted by atomic mass is 10.0. The SMILES string of the molecule is N#CC1CCCCN1Cc1cccc([N+](=O)[O-])c1F. The molecule has 0 spiro atoms. The molecule has 1 aliphatic heterocycles. The van der Waals surface area contributed by atoms with Crippen LogP contribution in [-0.2, 0) is 6.54 Å². The maximum absolute atomic E-state index is 14.0. The molecule has 2 rings (SSSR count). The fraction of sp³-hybridized carbons (Fsp3) is 0.462. The van der Waals surface area contributed by atoms with Crippen molar-refractivity contribution in [2.45, 2.75) is 31.8 Å². The summed E-state index contributed by atoms with van der Waals surface area (Å²) in [7, 11) is 0. The highest BCUT2D eigenvalue weighted by molar-refractivity contribution is 5.36. The Morgan fingerprint density at radius 2 is 2.32 bits per heavy atom. The van der Waals surface area contributed by atoms with E-state index in [1.54, 1.807) is 0 Å². The van der Waals surface area contributed by atoms with Crippen LogP contribution in [0.15, 0.2) is 18.2 Å². The minimum Gasteiger partial charge on any atom is -0.284 e. The molecule has 1 fully saturated rings. The Hall–Kier alpha value is -2.00. The Kier molecular flexibility index (Phi) is 4.07. The lowest BCUT2D eigenvalue weighted by Crippen LogP contribution is -2.38. The van der Waals surface area contributed by atoms with Crippen molar-refractivity contribution in [1.82, 2.24) is 4.90 Å². The van der Waals surface area contributed by atoms with Gasteiger partial charge in [0, 0.05) is 18.2 Å². The number of nitro groups is 1. The van der Waals surface area contributed by atoms with Gasteiger partial charge in [-0.1, -0.05) is 12.1 Å². The summed E-state index contributed by atoms with van der Waals surface area (Å²) in [5, 5.41) is 19.7. The Morgan fingerprint density at radius 3 is 3.00 bits per heavy atom. The maximum atomic E-state index is 14.0. The van der Waals surface area contributed by atoms with Crippen LogP contribution in [0.3, 0.4) is 0 Å². The van der Waals surface area contributed by atoms with E-state index in [0.717, 1.165) is 31.9 Å². The van der Waals surface area contributed by atoms with Crippen LogP contribution >= 0.6 is 0 Å². The van der Waals surface area contributed by atoms with Crippen LogP contribution in [0.5, 0.6) is 0 Å². The van der Waals surface area contributed by atoms with Crippen LogP contribution in [0.4, 0.5) is 10.1 Å². The van der Waals surface area contributed by atoms with Crippen LogP contribution in [0, 0.1) is 27.3 Å². The molecular formula is C13H14FN3O2. The summed E-state index contributed by atoms with van der Waals surface area (Å²) in [6.07, 6.45) is 2.73. The predicted octanol–water partition coefficient (Wildman–Crippen LogP) is 2.61. The molecule has 1 unspecified atom stereocenters. The van der Waals surface area contributed by atoms with Crippen molar-refractivity contribution in [3.05, 3.63) is 39.7 Å². The first-order valence-corrected chi connectivity index (χ1v) is 6.19. The molecule has 0 saturated carbocycles. The van der Waals surface area contributed by atoms with Gasteiger partial charge in [-0.3, -0.25) is 15.0 Å². The van der Waals surface area contributed by atoms with E-state index in [4.69, 9.17) is 5.26 Å². The molecule has 0 bridgehead atoms. The lowest BCUT2D eigenvalue weighted by molar-refractivity contribution is -0.387. The van der Waals surface area contributed by atoms with Crippen LogP contribution in [-0.4, -0.2) is 22.4 Å². The third-order valence-corrected chi connectivity index (χ3v) is 3.39. The summed E-state index contributed by atoms with van der Waals surface area (Å²) in [4.78, 5) is 11.8. The van der Waals surface area contributed by atoms with Crippen LogP contribution in [0.2, 0.25) is 0 Å². The zero-order valence-electron chi connectivity index (χ0n) is 10.4. The van der Waals surface area contributed by atoms with E-state index >= 15 is 0 Å². The molecule has 5 nitrogen and oxygen atoms in total. The number of halogens is 1. The van der Waals surface area contributed by atoms with Crippen molar-refractivity contribution in [1.29, 1.82) is 5.26 Å². The molecule has 1 aliphatic rings. The van der Waals surface area contributed by atoms with Crippen molar-refractivity contribution in [2.24, 2.45) is 0 Å². The van der Waals surface area contributed by atoms with Crippen molar-refractivity contribution >= 4 is 5.69 Å². The third kappa shape index (κ3) is 2.88. The summed E-state index contributed by atoms with van der Waals surface area (Å²) in [6.45, 7) is 0.964. The highest BCUT2D eigenvalue weighted by atomic mass is 19.1. The summed E-state index contributed by atoms with van der Waals surface area (Å²) < 4.78 is 14.0. The third-order valence-electron chi connectivity index (χ3n) is 3.39. The van der Waals surface area contributed by atoms with Crippen LogP contribution in [0.1, 0.15) is 24.8 Å². The number of nitriles is 1. The number of nitrogens with zero attached hydrogens (tertiary/aromatic N) is 3. The van der Waals surface area contributed by atoms with Crippen molar-refractivity contribution in [3.8, 4) is 6.07 Å². The average Bonchev–Trinajstić information content (AvgIpc) is 2.41. The summed E-state index contributed by atoms with van der Waals surface area (Å²) in [5.74, 6) is -0.797. The molecule has 19 heavy (non-hydrogen) atoms. The van der Waals surface area contributed by atoms with Gasteiger partial charge in [0.05, 0.1) is 17.0 Å². The fourth-order valence-electron chi connectivity index (χ4n) is 2.37. The Balaban J connectivity index is 2.21. The second kappa shape index (κ2) is 5.76. The molecule has 0 aromatic heterocycles. The minimum absolute atomic E-state index is 0.229. The predicted molar refractivity (Wildman–Crippen MR) is 66.7 cm³/mol. The quantitative estimate of drug-likeness (QED) is 0.620. The standard InChI is InChI=1S/C13H14FN3O2/c14-13-10(4-3-6-12(13)17(18)19)9-16-7-2-1-5-11(16)8-15/h3-4,6,11H,1-2,5,7,9H2. The Morgan fingerprint density at radius 1 is 1.53 bits per heavy atom. The normalized spacial score (nSPS) is 19.9. The molecule has 0 aliphatic carbocycles. The van der Waals surface area contributed by atoms with Gasteiger partial charge in [0.1, 0.15) is 0 Å². The van der Waals surface area contributed by atoms with Crippen LogP contribution in [0.25, 0.3) is 0 Å². The van der Waals surface area contributed by atoms with E-state index in [1.165, 1.54) is 12.1 Å². The van der Waals surface area contributed by atoms with Gasteiger partial charge < -0.3 is 0 Å². The molecule has 6 heteroatoms. The maximum Gasteiger partial charge on any atom is 0.305 e. The van der Waals surface area contributed by atoms with E-state index in [2.05, 4.69) is 6.07 Å². The number of piperidine rings is 1. The van der Waals surface area contributed by atoms with Crippen molar-refractivity contribution in [3.63, 3.8) is 0 Å². The topological polar surface area (TPSA) is 70.2 Å². The van der Waals surface area contributed by atoms with Gasteiger partial charge in [0.25, 0.3) is 0 Å². The monoisotopic (exact) mass is 263 g/mol.